The molecule has 4 aromatic rings. The number of H-pyrrole nitrogens is 1. The van der Waals surface area contributed by atoms with Crippen LogP contribution >= 0.6 is 11.6 Å². The second kappa shape index (κ2) is 7.62. The van der Waals surface area contributed by atoms with E-state index in [9.17, 15) is 9.18 Å². The minimum absolute atomic E-state index is 0.104. The Bertz CT molecular complexity index is 1310. The summed E-state index contributed by atoms with van der Waals surface area (Å²) >= 11 is 6.00. The van der Waals surface area contributed by atoms with Gasteiger partial charge in [0, 0.05) is 36.3 Å². The van der Waals surface area contributed by atoms with Crippen LogP contribution in [0.2, 0.25) is 5.02 Å². The van der Waals surface area contributed by atoms with Crippen molar-refractivity contribution in [2.45, 2.75) is 18.9 Å². The van der Waals surface area contributed by atoms with Crippen molar-refractivity contribution >= 4 is 17.5 Å². The molecule has 158 valence electrons. The first-order valence-corrected chi connectivity index (χ1v) is 10.0. The van der Waals surface area contributed by atoms with Crippen molar-refractivity contribution in [3.63, 3.8) is 0 Å². The van der Waals surface area contributed by atoms with Gasteiger partial charge in [0.25, 0.3) is 5.56 Å². The van der Waals surface area contributed by atoms with Gasteiger partial charge < -0.3 is 9.42 Å². The fourth-order valence-corrected chi connectivity index (χ4v) is 4.07. The van der Waals surface area contributed by atoms with Gasteiger partial charge in [-0.15, -0.1) is 10.2 Å². The molecule has 0 unspecified atom stereocenters. The number of aromatic amines is 1. The van der Waals surface area contributed by atoms with Gasteiger partial charge in [-0.3, -0.25) is 9.36 Å². The molecule has 1 aliphatic rings. The smallest absolute Gasteiger partial charge is 0.264 e. The average molecular weight is 442 g/mol. The molecule has 1 N–H and O–H groups in total. The van der Waals surface area contributed by atoms with Crippen LogP contribution in [0.5, 0.6) is 0 Å². The lowest BCUT2D eigenvalue weighted by Crippen LogP contribution is -2.25. The third-order valence-corrected chi connectivity index (χ3v) is 5.58. The van der Waals surface area contributed by atoms with Crippen molar-refractivity contribution in [2.75, 3.05) is 11.4 Å². The van der Waals surface area contributed by atoms with Crippen molar-refractivity contribution in [2.24, 2.45) is 7.05 Å². The topological polar surface area (TPSA) is 106 Å². The van der Waals surface area contributed by atoms with Gasteiger partial charge in [-0.25, -0.2) is 9.49 Å². The van der Waals surface area contributed by atoms with E-state index in [0.29, 0.717) is 33.8 Å². The Labute approximate surface area is 180 Å². The molecule has 4 heterocycles. The summed E-state index contributed by atoms with van der Waals surface area (Å²) in [6, 6.07) is 7.34. The molecular weight excluding hydrogens is 425 g/mol. The number of halogens is 2. The molecule has 1 saturated heterocycles. The Morgan fingerprint density at radius 1 is 1.26 bits per heavy atom. The first kappa shape index (κ1) is 19.4. The van der Waals surface area contributed by atoms with Gasteiger partial charge in [-0.05, 0) is 31.0 Å². The minimum Gasteiger partial charge on any atom is -0.356 e. The lowest BCUT2D eigenvalue weighted by molar-refractivity contribution is 0.414. The molecule has 0 bridgehead atoms. The maximum absolute atomic E-state index is 14.2. The van der Waals surface area contributed by atoms with Crippen LogP contribution in [0.15, 0.2) is 45.8 Å². The average Bonchev–Trinajstić information content (AvgIpc) is 3.48. The molecule has 1 atom stereocenters. The lowest BCUT2D eigenvalue weighted by atomic mass is 10.1. The van der Waals surface area contributed by atoms with E-state index in [-0.39, 0.29) is 17.2 Å². The summed E-state index contributed by atoms with van der Waals surface area (Å²) in [6.45, 7) is 0.748. The minimum atomic E-state index is -0.431. The molecule has 0 spiro atoms. The van der Waals surface area contributed by atoms with Crippen molar-refractivity contribution in [1.82, 2.24) is 30.1 Å². The molecule has 1 fully saturated rings. The van der Waals surface area contributed by atoms with Crippen molar-refractivity contribution in [3.8, 4) is 22.7 Å². The van der Waals surface area contributed by atoms with E-state index in [2.05, 4.69) is 30.5 Å². The van der Waals surface area contributed by atoms with E-state index in [1.54, 1.807) is 6.07 Å². The summed E-state index contributed by atoms with van der Waals surface area (Å²) in [5, 5.41) is 19.3. The Morgan fingerprint density at radius 3 is 2.97 bits per heavy atom. The molecule has 3 aromatic heterocycles. The first-order valence-electron chi connectivity index (χ1n) is 9.64. The summed E-state index contributed by atoms with van der Waals surface area (Å²) in [5.74, 6) is 1.05. The van der Waals surface area contributed by atoms with E-state index < -0.39 is 5.82 Å². The summed E-state index contributed by atoms with van der Waals surface area (Å²) < 4.78 is 21.5. The van der Waals surface area contributed by atoms with E-state index >= 15 is 0 Å². The van der Waals surface area contributed by atoms with Gasteiger partial charge in [0.2, 0.25) is 5.95 Å². The van der Waals surface area contributed by atoms with Crippen LogP contribution in [-0.2, 0) is 7.05 Å². The number of benzene rings is 1. The Balaban J connectivity index is 1.47. The second-order valence-corrected chi connectivity index (χ2v) is 7.74. The Hall–Kier alpha value is -3.53. The zero-order valence-electron chi connectivity index (χ0n) is 16.4. The van der Waals surface area contributed by atoms with Crippen molar-refractivity contribution in [1.29, 1.82) is 0 Å². The van der Waals surface area contributed by atoms with Crippen LogP contribution < -0.4 is 10.5 Å². The summed E-state index contributed by atoms with van der Waals surface area (Å²) in [4.78, 5) is 13.7. The number of nitrogens with zero attached hydrogens (tertiary/aromatic N) is 6. The van der Waals surface area contributed by atoms with Crippen LogP contribution in [0, 0.1) is 5.82 Å². The van der Waals surface area contributed by atoms with Crippen LogP contribution in [-0.4, -0.2) is 36.7 Å². The van der Waals surface area contributed by atoms with Crippen molar-refractivity contribution in [3.05, 3.63) is 63.4 Å². The zero-order valence-corrected chi connectivity index (χ0v) is 17.2. The molecule has 0 aliphatic carbocycles. The lowest BCUT2D eigenvalue weighted by Gasteiger charge is -2.23. The van der Waals surface area contributed by atoms with Gasteiger partial charge in [0.1, 0.15) is 11.5 Å². The first-order chi connectivity index (χ1) is 15.0. The van der Waals surface area contributed by atoms with Crippen LogP contribution in [0.3, 0.4) is 0 Å². The number of hydrogen-bond acceptors (Lipinski definition) is 7. The van der Waals surface area contributed by atoms with Gasteiger partial charge in [0.15, 0.2) is 11.6 Å². The molecule has 31 heavy (non-hydrogen) atoms. The number of rotatable bonds is 4. The van der Waals surface area contributed by atoms with E-state index in [4.69, 9.17) is 16.1 Å². The molecule has 9 nitrogen and oxygen atoms in total. The third-order valence-electron chi connectivity index (χ3n) is 5.35. The summed E-state index contributed by atoms with van der Waals surface area (Å²) in [6.07, 6.45) is 3.28. The maximum atomic E-state index is 14.2. The highest BCUT2D eigenvalue weighted by Gasteiger charge is 2.32. The second-order valence-electron chi connectivity index (χ2n) is 7.31. The van der Waals surface area contributed by atoms with Gasteiger partial charge in [-0.2, -0.15) is 5.10 Å². The molecule has 1 aromatic carbocycles. The molecule has 0 saturated carbocycles. The number of aromatic nitrogens is 6. The molecular formula is C20H17ClFN7O2. The van der Waals surface area contributed by atoms with Gasteiger partial charge in [0.05, 0.1) is 17.8 Å². The third kappa shape index (κ3) is 3.48. The van der Waals surface area contributed by atoms with Crippen LogP contribution in [0.25, 0.3) is 22.7 Å². The van der Waals surface area contributed by atoms with E-state index in [0.717, 1.165) is 19.4 Å². The molecule has 5 rings (SSSR count). The van der Waals surface area contributed by atoms with E-state index in [1.165, 1.54) is 30.5 Å². The van der Waals surface area contributed by atoms with E-state index in [1.807, 2.05) is 11.6 Å². The number of hydrogen-bond donors (Lipinski definition) is 1. The quantitative estimate of drug-likeness (QED) is 0.517. The normalized spacial score (nSPS) is 16.2. The largest absolute Gasteiger partial charge is 0.356 e. The highest BCUT2D eigenvalue weighted by Crippen LogP contribution is 2.37. The highest BCUT2D eigenvalue weighted by molar-refractivity contribution is 6.30. The zero-order chi connectivity index (χ0) is 21.5. The molecule has 0 amide bonds. The van der Waals surface area contributed by atoms with Crippen LogP contribution in [0.1, 0.15) is 24.6 Å². The summed E-state index contributed by atoms with van der Waals surface area (Å²) in [5.41, 5.74) is 1.19. The van der Waals surface area contributed by atoms with Crippen LogP contribution in [0.4, 0.5) is 10.3 Å². The number of anilines is 1. The predicted molar refractivity (Wildman–Crippen MR) is 111 cm³/mol. The fourth-order valence-electron chi connectivity index (χ4n) is 3.89. The highest BCUT2D eigenvalue weighted by atomic mass is 35.5. The maximum Gasteiger partial charge on any atom is 0.264 e. The predicted octanol–water partition coefficient (Wildman–Crippen LogP) is 3.35. The Morgan fingerprint density at radius 2 is 2.13 bits per heavy atom. The monoisotopic (exact) mass is 441 g/mol. The molecule has 11 heteroatoms. The molecule has 1 aliphatic heterocycles. The molecule has 0 radical (unpaired) electrons. The van der Waals surface area contributed by atoms with Gasteiger partial charge >= 0.3 is 0 Å². The Kier molecular flexibility index (Phi) is 4.78. The SMILES string of the molecule is Cn1c(-c2cn[nH]c(=O)c2)nnc1N1CCC[C@@H]1c1cc(-c2cc(Cl)ccc2F)on1. The van der Waals surface area contributed by atoms with Gasteiger partial charge in [-0.1, -0.05) is 16.8 Å². The number of nitrogens with one attached hydrogen (secondary N) is 1. The standard InChI is InChI=1S/C20H17ClFN7O2/c1-28-19(11-7-18(30)24-23-10-11)25-26-20(28)29-6-2-3-16(29)15-9-17(31-27-15)13-8-12(21)4-5-14(13)22/h4-5,7-10,16H,2-3,6H2,1H3,(H,24,30)/t16-/m1/s1. The van der Waals surface area contributed by atoms with Crippen molar-refractivity contribution < 1.29 is 8.91 Å². The summed E-state index contributed by atoms with van der Waals surface area (Å²) in [7, 11) is 1.83. The fraction of sp³-hybridized carbons (Fsp3) is 0.250.